The Morgan fingerprint density at radius 1 is 1.50 bits per heavy atom. The highest BCUT2D eigenvalue weighted by Gasteiger charge is 1.95. The maximum atomic E-state index is 5.73. The lowest BCUT2D eigenvalue weighted by Crippen LogP contribution is -1.97. The van der Waals surface area contributed by atoms with E-state index in [0.717, 1.165) is 10.5 Å². The van der Waals surface area contributed by atoms with Crippen molar-refractivity contribution in [3.63, 3.8) is 0 Å². The molecule has 2 heteroatoms. The van der Waals surface area contributed by atoms with Crippen molar-refractivity contribution in [1.29, 1.82) is 0 Å². The molecule has 0 saturated heterocycles. The monoisotopic (exact) mass is 181 g/mol. The van der Waals surface area contributed by atoms with E-state index in [9.17, 15) is 0 Å². The molecule has 0 bridgehead atoms. The highest BCUT2D eigenvalue weighted by molar-refractivity contribution is 8.06. The molecule has 0 atom stereocenters. The molecule has 0 saturated carbocycles. The van der Waals surface area contributed by atoms with Gasteiger partial charge in [-0.25, -0.2) is 0 Å². The van der Waals surface area contributed by atoms with Crippen molar-refractivity contribution >= 4 is 11.8 Å². The summed E-state index contributed by atoms with van der Waals surface area (Å²) in [6, 6.07) is 0. The summed E-state index contributed by atoms with van der Waals surface area (Å²) >= 11 is 1.44. The second-order valence-electron chi connectivity index (χ2n) is 2.34. The molecule has 0 amide bonds. The van der Waals surface area contributed by atoms with Crippen LogP contribution in [0.4, 0.5) is 0 Å². The summed E-state index contributed by atoms with van der Waals surface area (Å²) in [4.78, 5) is 0.839. The molecule has 0 radical (unpaired) electrons. The minimum atomic E-state index is 0.704. The average molecular weight is 181 g/mol. The first-order valence-electron chi connectivity index (χ1n) is 3.68. The van der Waals surface area contributed by atoms with Gasteiger partial charge in [0, 0.05) is 10.6 Å². The zero-order valence-corrected chi connectivity index (χ0v) is 8.45. The third-order valence-electron chi connectivity index (χ3n) is 1.39. The molecule has 0 unspecified atom stereocenters. The second-order valence-corrected chi connectivity index (χ2v) is 3.40. The van der Waals surface area contributed by atoms with Gasteiger partial charge in [-0.05, 0) is 25.3 Å². The quantitative estimate of drug-likeness (QED) is 0.674. The van der Waals surface area contributed by atoms with Crippen molar-refractivity contribution in [1.82, 2.24) is 0 Å². The maximum Gasteiger partial charge on any atom is 0.0452 e. The van der Waals surface area contributed by atoms with Gasteiger partial charge >= 0.3 is 0 Å². The molecular weight excluding hydrogens is 166 g/mol. The lowest BCUT2D eigenvalue weighted by atomic mass is 10.2. The topological polar surface area (TPSA) is 26.0 Å². The molecule has 0 aliphatic rings. The zero-order valence-electron chi connectivity index (χ0n) is 7.63. The molecule has 2 N–H and O–H groups in total. The highest BCUT2D eigenvalue weighted by atomic mass is 32.2. The Hall–Kier alpha value is -0.890. The Morgan fingerprint density at radius 3 is 2.50 bits per heavy atom. The van der Waals surface area contributed by atoms with Crippen LogP contribution in [0.25, 0.3) is 0 Å². The van der Waals surface area contributed by atoms with E-state index >= 15 is 0 Å². The Kier molecular flexibility index (Phi) is 5.30. The van der Waals surface area contributed by atoms with Crippen LogP contribution in [-0.2, 0) is 0 Å². The molecule has 0 aliphatic carbocycles. The Morgan fingerprint density at radius 2 is 2.08 bits per heavy atom. The zero-order chi connectivity index (χ0) is 9.56. The van der Waals surface area contributed by atoms with Gasteiger partial charge in [0.25, 0.3) is 0 Å². The predicted molar refractivity (Wildman–Crippen MR) is 58.6 cm³/mol. The van der Waals surface area contributed by atoms with E-state index in [2.05, 4.69) is 13.2 Å². The summed E-state index contributed by atoms with van der Waals surface area (Å²) < 4.78 is 0. The van der Waals surface area contributed by atoms with Crippen molar-refractivity contribution in [2.75, 3.05) is 0 Å². The summed E-state index contributed by atoms with van der Waals surface area (Å²) in [6.07, 6.45) is 3.90. The van der Waals surface area contributed by atoms with Gasteiger partial charge in [-0.3, -0.25) is 0 Å². The summed E-state index contributed by atoms with van der Waals surface area (Å²) in [5, 5.41) is 1.72. The van der Waals surface area contributed by atoms with E-state index in [0.29, 0.717) is 5.70 Å². The molecule has 0 fully saturated rings. The average Bonchev–Trinajstić information content (AvgIpc) is 2.04. The van der Waals surface area contributed by atoms with Gasteiger partial charge in [-0.2, -0.15) is 0 Å². The van der Waals surface area contributed by atoms with Crippen molar-refractivity contribution < 1.29 is 0 Å². The Balaban J connectivity index is 4.37. The van der Waals surface area contributed by atoms with Gasteiger partial charge in [-0.15, -0.1) is 0 Å². The van der Waals surface area contributed by atoms with Crippen LogP contribution in [0.2, 0.25) is 0 Å². The van der Waals surface area contributed by atoms with Crippen molar-refractivity contribution in [3.8, 4) is 0 Å². The first-order chi connectivity index (χ1) is 5.61. The van der Waals surface area contributed by atoms with Gasteiger partial charge in [0.05, 0.1) is 0 Å². The first kappa shape index (κ1) is 11.1. The van der Waals surface area contributed by atoms with Crippen molar-refractivity contribution in [3.05, 3.63) is 46.9 Å². The maximum absolute atomic E-state index is 5.73. The summed E-state index contributed by atoms with van der Waals surface area (Å²) in [7, 11) is 0. The lowest BCUT2D eigenvalue weighted by Gasteiger charge is -2.01. The van der Waals surface area contributed by atoms with Crippen molar-refractivity contribution in [2.45, 2.75) is 13.8 Å². The van der Waals surface area contributed by atoms with Gasteiger partial charge in [0.15, 0.2) is 0 Å². The van der Waals surface area contributed by atoms with Crippen LogP contribution >= 0.6 is 11.8 Å². The standard InChI is InChI=1S/C10H15NS/c1-5-8(3)7-10(11)9(4)12-6-2/h5-7H,2,4,11H2,1,3H3/b8-5-,10-7+. The van der Waals surface area contributed by atoms with Gasteiger partial charge in [-0.1, -0.05) is 36.6 Å². The van der Waals surface area contributed by atoms with Crippen LogP contribution in [0.1, 0.15) is 13.8 Å². The fourth-order valence-corrected chi connectivity index (χ4v) is 0.974. The van der Waals surface area contributed by atoms with Gasteiger partial charge < -0.3 is 5.73 Å². The molecule has 0 aliphatic heterocycles. The van der Waals surface area contributed by atoms with E-state index in [4.69, 9.17) is 5.73 Å². The van der Waals surface area contributed by atoms with E-state index in [-0.39, 0.29) is 0 Å². The van der Waals surface area contributed by atoms with Gasteiger partial charge in [0.2, 0.25) is 0 Å². The molecule has 0 rings (SSSR count). The fourth-order valence-electron chi connectivity index (χ4n) is 0.578. The third-order valence-corrected chi connectivity index (χ3v) is 2.07. The second kappa shape index (κ2) is 5.72. The third kappa shape index (κ3) is 4.09. The van der Waals surface area contributed by atoms with E-state index in [1.807, 2.05) is 26.0 Å². The molecule has 0 aromatic heterocycles. The molecule has 0 spiro atoms. The molecule has 0 aromatic carbocycles. The summed E-state index contributed by atoms with van der Waals surface area (Å²) in [5.74, 6) is 0. The molecule has 0 heterocycles. The lowest BCUT2D eigenvalue weighted by molar-refractivity contribution is 1.36. The van der Waals surface area contributed by atoms with E-state index in [1.54, 1.807) is 5.41 Å². The summed E-state index contributed by atoms with van der Waals surface area (Å²) in [6.45, 7) is 11.4. The first-order valence-corrected chi connectivity index (χ1v) is 4.56. The number of hydrogen-bond acceptors (Lipinski definition) is 2. The number of rotatable bonds is 4. The van der Waals surface area contributed by atoms with Gasteiger partial charge in [0.1, 0.15) is 0 Å². The van der Waals surface area contributed by atoms with Crippen LogP contribution in [0.5, 0.6) is 0 Å². The van der Waals surface area contributed by atoms with Crippen LogP contribution in [0.3, 0.4) is 0 Å². The molecular formula is C10H15NS. The SMILES string of the molecule is C=CSC(=C)/C(N)=C\C(C)=C/C. The number of nitrogens with two attached hydrogens (primary N) is 1. The molecule has 66 valence electrons. The largest absolute Gasteiger partial charge is 0.398 e. The predicted octanol–water partition coefficient (Wildman–Crippen LogP) is 3.19. The molecule has 0 aromatic rings. The summed E-state index contributed by atoms with van der Waals surface area (Å²) in [5.41, 5.74) is 7.57. The number of hydrogen-bond donors (Lipinski definition) is 1. The Bertz CT molecular complexity index is 236. The fraction of sp³-hybridized carbons (Fsp3) is 0.200. The van der Waals surface area contributed by atoms with Crippen molar-refractivity contribution in [2.24, 2.45) is 5.73 Å². The van der Waals surface area contributed by atoms with Crippen LogP contribution < -0.4 is 5.73 Å². The minimum absolute atomic E-state index is 0.704. The van der Waals surface area contributed by atoms with Crippen LogP contribution in [-0.4, -0.2) is 0 Å². The minimum Gasteiger partial charge on any atom is -0.398 e. The molecule has 12 heavy (non-hydrogen) atoms. The smallest absolute Gasteiger partial charge is 0.0452 e. The Labute approximate surface area is 78.7 Å². The van der Waals surface area contributed by atoms with Crippen LogP contribution in [0.15, 0.2) is 46.9 Å². The van der Waals surface area contributed by atoms with E-state index in [1.165, 1.54) is 11.8 Å². The van der Waals surface area contributed by atoms with E-state index < -0.39 is 0 Å². The molecule has 1 nitrogen and oxygen atoms in total. The highest BCUT2D eigenvalue weighted by Crippen LogP contribution is 2.19. The number of thioether (sulfide) groups is 1. The number of allylic oxidation sites excluding steroid dienone is 3. The normalized spacial score (nSPS) is 12.8. The van der Waals surface area contributed by atoms with Crippen LogP contribution in [0, 0.1) is 0 Å².